The molecule has 1 heterocycles. The fourth-order valence-electron chi connectivity index (χ4n) is 2.92. The minimum Gasteiger partial charge on any atom is -0.393 e. The molecule has 0 aliphatic rings. The standard InChI is InChI=1S/C23H30N4O4/c1-16(15-27-22(29)19(24)11-10-17-6-3-2-4-7-17)23(30)31-21(28)9-5-8-18-12-13-26-20(25)14-18/h2-4,6-7,12-14,16,19H,5,8-11,15,24H2,1H3,(H2,25,26)(H,27,29)/t16-,19?/m1/s1. The summed E-state index contributed by atoms with van der Waals surface area (Å²) >= 11 is 0. The van der Waals surface area contributed by atoms with Gasteiger partial charge in [0.15, 0.2) is 0 Å². The zero-order valence-electron chi connectivity index (χ0n) is 17.8. The molecule has 1 aromatic carbocycles. The maximum atomic E-state index is 12.1. The van der Waals surface area contributed by atoms with E-state index in [0.717, 1.165) is 11.1 Å². The highest BCUT2D eigenvalue weighted by Gasteiger charge is 2.20. The number of nitrogens with zero attached hydrogens (tertiary/aromatic N) is 1. The van der Waals surface area contributed by atoms with E-state index in [9.17, 15) is 14.4 Å². The van der Waals surface area contributed by atoms with Gasteiger partial charge in [-0.25, -0.2) is 4.98 Å². The largest absolute Gasteiger partial charge is 0.393 e. The Morgan fingerprint density at radius 2 is 1.84 bits per heavy atom. The van der Waals surface area contributed by atoms with Crippen molar-refractivity contribution in [3.05, 3.63) is 59.8 Å². The number of anilines is 1. The summed E-state index contributed by atoms with van der Waals surface area (Å²) in [5, 5.41) is 2.65. The van der Waals surface area contributed by atoms with Crippen LogP contribution in [0.1, 0.15) is 37.3 Å². The molecule has 0 fully saturated rings. The number of amides is 1. The van der Waals surface area contributed by atoms with Crippen LogP contribution in [0.25, 0.3) is 0 Å². The van der Waals surface area contributed by atoms with Crippen molar-refractivity contribution in [1.82, 2.24) is 10.3 Å². The first kappa shape index (κ1) is 24.0. The predicted molar refractivity (Wildman–Crippen MR) is 118 cm³/mol. The van der Waals surface area contributed by atoms with Crippen molar-refractivity contribution in [2.75, 3.05) is 12.3 Å². The number of esters is 2. The van der Waals surface area contributed by atoms with E-state index in [1.807, 2.05) is 36.4 Å². The Morgan fingerprint density at radius 3 is 2.55 bits per heavy atom. The van der Waals surface area contributed by atoms with Gasteiger partial charge in [0.1, 0.15) is 5.82 Å². The number of nitrogens with one attached hydrogen (secondary N) is 1. The number of carbonyl (C=O) groups excluding carboxylic acids is 3. The maximum Gasteiger partial charge on any atom is 0.318 e. The highest BCUT2D eigenvalue weighted by atomic mass is 16.6. The van der Waals surface area contributed by atoms with Crippen molar-refractivity contribution >= 4 is 23.7 Å². The first-order valence-electron chi connectivity index (χ1n) is 10.4. The van der Waals surface area contributed by atoms with Crippen LogP contribution in [0.5, 0.6) is 0 Å². The minimum atomic E-state index is -0.674. The number of aryl methyl sites for hydroxylation is 2. The molecule has 0 radical (unpaired) electrons. The number of rotatable bonds is 11. The van der Waals surface area contributed by atoms with Crippen LogP contribution < -0.4 is 16.8 Å². The number of hydrogen-bond donors (Lipinski definition) is 3. The van der Waals surface area contributed by atoms with E-state index in [0.29, 0.717) is 31.5 Å². The quantitative estimate of drug-likeness (QED) is 0.368. The predicted octanol–water partition coefficient (Wildman–Crippen LogP) is 1.77. The van der Waals surface area contributed by atoms with Gasteiger partial charge >= 0.3 is 11.9 Å². The van der Waals surface area contributed by atoms with Crippen LogP contribution in [0.3, 0.4) is 0 Å². The molecule has 0 spiro atoms. The normalized spacial score (nSPS) is 12.6. The van der Waals surface area contributed by atoms with Gasteiger partial charge in [0.25, 0.3) is 0 Å². The second-order valence-electron chi connectivity index (χ2n) is 7.51. The highest BCUT2D eigenvalue weighted by molar-refractivity contribution is 5.87. The Kier molecular flexibility index (Phi) is 9.64. The van der Waals surface area contributed by atoms with Crippen molar-refractivity contribution in [1.29, 1.82) is 0 Å². The molecule has 0 saturated heterocycles. The van der Waals surface area contributed by atoms with Crippen molar-refractivity contribution in [2.45, 2.75) is 45.1 Å². The van der Waals surface area contributed by atoms with E-state index in [1.54, 1.807) is 19.2 Å². The molecule has 1 aromatic heterocycles. The second-order valence-corrected chi connectivity index (χ2v) is 7.51. The highest BCUT2D eigenvalue weighted by Crippen LogP contribution is 2.09. The molecule has 0 bridgehead atoms. The number of nitrogen functional groups attached to an aromatic ring is 1. The number of benzene rings is 1. The molecule has 2 rings (SSSR count). The van der Waals surface area contributed by atoms with Crippen LogP contribution in [-0.4, -0.2) is 35.4 Å². The smallest absolute Gasteiger partial charge is 0.318 e. The fourth-order valence-corrected chi connectivity index (χ4v) is 2.92. The lowest BCUT2D eigenvalue weighted by Crippen LogP contribution is -2.43. The summed E-state index contributed by atoms with van der Waals surface area (Å²) in [4.78, 5) is 40.0. The Bertz CT molecular complexity index is 873. The maximum absolute atomic E-state index is 12.1. The molecular weight excluding hydrogens is 396 g/mol. The first-order valence-corrected chi connectivity index (χ1v) is 10.4. The Labute approximate surface area is 182 Å². The summed E-state index contributed by atoms with van der Waals surface area (Å²) in [5.74, 6) is -1.83. The van der Waals surface area contributed by atoms with Crippen molar-refractivity contribution in [3.63, 3.8) is 0 Å². The van der Waals surface area contributed by atoms with E-state index in [4.69, 9.17) is 16.2 Å². The number of nitrogens with two attached hydrogens (primary N) is 2. The van der Waals surface area contributed by atoms with Crippen LogP contribution in [0.15, 0.2) is 48.7 Å². The number of pyridine rings is 1. The van der Waals surface area contributed by atoms with Crippen LogP contribution in [-0.2, 0) is 32.0 Å². The number of aromatic nitrogens is 1. The summed E-state index contributed by atoms with van der Waals surface area (Å²) in [7, 11) is 0. The molecule has 5 N–H and O–H groups in total. The van der Waals surface area contributed by atoms with Gasteiger partial charge in [0.05, 0.1) is 12.0 Å². The molecular formula is C23H30N4O4. The number of ether oxygens (including phenoxy) is 1. The topological polar surface area (TPSA) is 137 Å². The minimum absolute atomic E-state index is 0.0558. The molecule has 2 atom stereocenters. The van der Waals surface area contributed by atoms with E-state index < -0.39 is 23.9 Å². The molecule has 166 valence electrons. The molecule has 1 amide bonds. The van der Waals surface area contributed by atoms with Gasteiger partial charge < -0.3 is 21.5 Å². The summed E-state index contributed by atoms with van der Waals surface area (Å²) < 4.78 is 4.87. The lowest BCUT2D eigenvalue weighted by Gasteiger charge is -2.15. The van der Waals surface area contributed by atoms with Gasteiger partial charge in [0, 0.05) is 19.2 Å². The Balaban J connectivity index is 1.63. The Hall–Kier alpha value is -3.26. The van der Waals surface area contributed by atoms with Crippen LogP contribution in [0.4, 0.5) is 5.82 Å². The molecule has 8 heteroatoms. The van der Waals surface area contributed by atoms with Gasteiger partial charge in [0.2, 0.25) is 5.91 Å². The SMILES string of the molecule is C[C@H](CNC(=O)C(N)CCc1ccccc1)C(=O)OC(=O)CCCc1ccnc(N)c1. The first-order chi connectivity index (χ1) is 14.8. The number of carbonyl (C=O) groups is 3. The second kappa shape index (κ2) is 12.4. The van der Waals surface area contributed by atoms with Crippen LogP contribution >= 0.6 is 0 Å². The van der Waals surface area contributed by atoms with Gasteiger partial charge in [-0.1, -0.05) is 37.3 Å². The van der Waals surface area contributed by atoms with Gasteiger partial charge in [-0.3, -0.25) is 14.4 Å². The molecule has 0 saturated carbocycles. The van der Waals surface area contributed by atoms with Gasteiger partial charge in [-0.05, 0) is 48.9 Å². The molecule has 31 heavy (non-hydrogen) atoms. The zero-order chi connectivity index (χ0) is 22.6. The summed E-state index contributed by atoms with van der Waals surface area (Å²) in [6, 6.07) is 12.6. The molecule has 1 unspecified atom stereocenters. The molecule has 8 nitrogen and oxygen atoms in total. The van der Waals surface area contributed by atoms with Crippen molar-refractivity contribution in [2.24, 2.45) is 11.7 Å². The van der Waals surface area contributed by atoms with Gasteiger partial charge in [-0.15, -0.1) is 0 Å². The third-order valence-corrected chi connectivity index (χ3v) is 4.81. The lowest BCUT2D eigenvalue weighted by molar-refractivity contribution is -0.162. The van der Waals surface area contributed by atoms with Crippen LogP contribution in [0, 0.1) is 5.92 Å². The fraction of sp³-hybridized carbons (Fsp3) is 0.391. The van der Waals surface area contributed by atoms with E-state index in [1.165, 1.54) is 0 Å². The average molecular weight is 427 g/mol. The van der Waals surface area contributed by atoms with Crippen LogP contribution in [0.2, 0.25) is 0 Å². The summed E-state index contributed by atoms with van der Waals surface area (Å²) in [6.07, 6.45) is 4.05. The van der Waals surface area contributed by atoms with E-state index >= 15 is 0 Å². The summed E-state index contributed by atoms with van der Waals surface area (Å²) in [5.41, 5.74) is 13.6. The summed E-state index contributed by atoms with van der Waals surface area (Å²) in [6.45, 7) is 1.64. The Morgan fingerprint density at radius 1 is 1.10 bits per heavy atom. The molecule has 0 aliphatic carbocycles. The average Bonchev–Trinajstić information content (AvgIpc) is 2.76. The third kappa shape index (κ3) is 8.96. The number of hydrogen-bond acceptors (Lipinski definition) is 7. The lowest BCUT2D eigenvalue weighted by atomic mass is 10.1. The third-order valence-electron chi connectivity index (χ3n) is 4.81. The molecule has 0 aliphatic heterocycles. The molecule has 2 aromatic rings. The van der Waals surface area contributed by atoms with E-state index in [2.05, 4.69) is 10.3 Å². The van der Waals surface area contributed by atoms with Crippen molar-refractivity contribution < 1.29 is 19.1 Å². The monoisotopic (exact) mass is 426 g/mol. The zero-order valence-corrected chi connectivity index (χ0v) is 17.8. The van der Waals surface area contributed by atoms with E-state index in [-0.39, 0.29) is 18.9 Å². The van der Waals surface area contributed by atoms with Crippen molar-refractivity contribution in [3.8, 4) is 0 Å². The van der Waals surface area contributed by atoms with Gasteiger partial charge in [-0.2, -0.15) is 0 Å².